The van der Waals surface area contributed by atoms with Gasteiger partial charge in [-0.15, -0.1) is 11.3 Å². The summed E-state index contributed by atoms with van der Waals surface area (Å²) in [5, 5.41) is 11.4. The largest absolute Gasteiger partial charge is 0.440 e. The van der Waals surface area contributed by atoms with E-state index in [1.807, 2.05) is 11.4 Å². The van der Waals surface area contributed by atoms with Crippen molar-refractivity contribution in [3.8, 4) is 11.8 Å². The molecule has 0 radical (unpaired) electrons. The Kier molecular flexibility index (Phi) is 4.68. The van der Waals surface area contributed by atoms with Crippen LogP contribution in [0.1, 0.15) is 16.9 Å². The van der Waals surface area contributed by atoms with Gasteiger partial charge in [-0.1, -0.05) is 23.6 Å². The molecule has 2 heterocycles. The molecular weight excluding hydrogens is 254 g/mol. The van der Waals surface area contributed by atoms with Crippen molar-refractivity contribution in [2.75, 3.05) is 6.61 Å². The summed E-state index contributed by atoms with van der Waals surface area (Å²) in [6.07, 6.45) is 3.72. The lowest BCUT2D eigenvalue weighted by atomic mass is 10.2. The molecular formula is C12H11NO2S2. The molecule has 0 aliphatic carbocycles. The average Bonchev–Trinajstić information content (AvgIpc) is 2.97. The Hall–Kier alpha value is -1.22. The van der Waals surface area contributed by atoms with Gasteiger partial charge >= 0.3 is 0 Å². The summed E-state index contributed by atoms with van der Waals surface area (Å²) in [7, 11) is 0. The van der Waals surface area contributed by atoms with E-state index in [0.717, 1.165) is 11.3 Å². The summed E-state index contributed by atoms with van der Waals surface area (Å²) in [5.41, 5.74) is 1.03. The Morgan fingerprint density at radius 3 is 3.24 bits per heavy atom. The van der Waals surface area contributed by atoms with Gasteiger partial charge in [0.2, 0.25) is 0 Å². The number of thioether (sulfide) groups is 1. The monoisotopic (exact) mass is 265 g/mol. The topological polar surface area (TPSA) is 46.3 Å². The van der Waals surface area contributed by atoms with Crippen LogP contribution in [0.2, 0.25) is 0 Å². The van der Waals surface area contributed by atoms with Crippen LogP contribution in [-0.2, 0) is 5.75 Å². The molecule has 0 saturated heterocycles. The number of oxazole rings is 1. The van der Waals surface area contributed by atoms with Crippen molar-refractivity contribution in [1.82, 2.24) is 4.98 Å². The van der Waals surface area contributed by atoms with E-state index in [2.05, 4.69) is 16.8 Å². The fourth-order valence-corrected chi connectivity index (χ4v) is 2.92. The molecule has 0 saturated carbocycles. The summed E-state index contributed by atoms with van der Waals surface area (Å²) < 4.78 is 5.16. The van der Waals surface area contributed by atoms with Crippen LogP contribution in [0.4, 0.5) is 0 Å². The predicted octanol–water partition coefficient (Wildman–Crippen LogP) is 2.76. The Morgan fingerprint density at radius 1 is 1.53 bits per heavy atom. The first-order valence-electron chi connectivity index (χ1n) is 5.08. The molecule has 2 rings (SSSR count). The van der Waals surface area contributed by atoms with Crippen molar-refractivity contribution in [1.29, 1.82) is 0 Å². The molecule has 2 aromatic heterocycles. The van der Waals surface area contributed by atoms with Gasteiger partial charge in [-0.05, 0) is 11.4 Å². The van der Waals surface area contributed by atoms with Gasteiger partial charge in [-0.2, -0.15) is 0 Å². The van der Waals surface area contributed by atoms with E-state index < -0.39 is 0 Å². The summed E-state index contributed by atoms with van der Waals surface area (Å²) in [4.78, 5) is 5.26. The van der Waals surface area contributed by atoms with E-state index in [-0.39, 0.29) is 6.61 Å². The average molecular weight is 265 g/mol. The Bertz CT molecular complexity index is 508. The number of nitrogens with zero attached hydrogens (tertiary/aromatic N) is 1. The van der Waals surface area contributed by atoms with Gasteiger partial charge in [0.25, 0.3) is 5.22 Å². The van der Waals surface area contributed by atoms with Gasteiger partial charge in [0.05, 0.1) is 12.8 Å². The highest BCUT2D eigenvalue weighted by atomic mass is 32.2. The molecule has 0 fully saturated rings. The maximum atomic E-state index is 8.67. The van der Waals surface area contributed by atoms with Gasteiger partial charge < -0.3 is 9.52 Å². The summed E-state index contributed by atoms with van der Waals surface area (Å²) in [5.74, 6) is 6.80. The first kappa shape index (κ1) is 12.2. The number of aliphatic hydroxyl groups excluding tert-OH is 1. The maximum Gasteiger partial charge on any atom is 0.255 e. The molecule has 88 valence electrons. The third kappa shape index (κ3) is 3.63. The summed E-state index contributed by atoms with van der Waals surface area (Å²) in [6, 6.07) is 2.00. The van der Waals surface area contributed by atoms with Crippen molar-refractivity contribution < 1.29 is 9.52 Å². The second-order valence-corrected chi connectivity index (χ2v) is 5.05. The highest BCUT2D eigenvalue weighted by molar-refractivity contribution is 7.98. The minimum Gasteiger partial charge on any atom is -0.440 e. The Labute approximate surface area is 108 Å². The number of hydrogen-bond donors (Lipinski definition) is 1. The highest BCUT2D eigenvalue weighted by Crippen LogP contribution is 2.26. The number of rotatable bonds is 4. The zero-order valence-electron chi connectivity index (χ0n) is 9.05. The van der Waals surface area contributed by atoms with Crippen LogP contribution >= 0.6 is 23.1 Å². The molecule has 0 unspecified atom stereocenters. The van der Waals surface area contributed by atoms with Crippen LogP contribution in [0, 0.1) is 11.8 Å². The second-order valence-electron chi connectivity index (χ2n) is 3.12. The molecule has 2 aromatic rings. The fourth-order valence-electron chi connectivity index (χ4n) is 1.19. The zero-order chi connectivity index (χ0) is 11.9. The van der Waals surface area contributed by atoms with E-state index in [1.165, 1.54) is 4.88 Å². The summed E-state index contributed by atoms with van der Waals surface area (Å²) in [6.45, 7) is 0.109. The Balaban J connectivity index is 1.97. The summed E-state index contributed by atoms with van der Waals surface area (Å²) >= 11 is 3.23. The van der Waals surface area contributed by atoms with Crippen molar-refractivity contribution in [2.45, 2.75) is 17.4 Å². The van der Waals surface area contributed by atoms with Crippen LogP contribution in [0.5, 0.6) is 0 Å². The molecule has 0 amide bonds. The van der Waals surface area contributed by atoms with Crippen LogP contribution in [0.15, 0.2) is 33.5 Å². The van der Waals surface area contributed by atoms with Crippen LogP contribution in [-0.4, -0.2) is 16.7 Å². The molecule has 0 aliphatic rings. The first-order valence-corrected chi connectivity index (χ1v) is 6.95. The lowest BCUT2D eigenvalue weighted by molar-refractivity contribution is 0.305. The first-order chi connectivity index (χ1) is 8.40. The van der Waals surface area contributed by atoms with Crippen LogP contribution in [0.25, 0.3) is 0 Å². The SMILES string of the molecule is OCCC#Cc1ccsc1CSc1ncco1. The normalized spacial score (nSPS) is 9.94. The van der Waals surface area contributed by atoms with Gasteiger partial charge in [0.15, 0.2) is 0 Å². The van der Waals surface area contributed by atoms with Crippen molar-refractivity contribution in [3.63, 3.8) is 0 Å². The van der Waals surface area contributed by atoms with E-state index in [4.69, 9.17) is 9.52 Å². The number of aromatic nitrogens is 1. The Morgan fingerprint density at radius 2 is 2.47 bits per heavy atom. The van der Waals surface area contributed by atoms with Gasteiger partial charge in [0, 0.05) is 22.6 Å². The molecule has 17 heavy (non-hydrogen) atoms. The molecule has 0 spiro atoms. The lowest BCUT2D eigenvalue weighted by Crippen LogP contribution is -1.81. The van der Waals surface area contributed by atoms with E-state index in [1.54, 1.807) is 35.6 Å². The standard InChI is InChI=1S/C12H11NO2S2/c14-6-2-1-3-10-4-8-16-11(10)9-17-12-13-5-7-15-12/h4-5,7-8,14H,2,6,9H2. The second kappa shape index (κ2) is 6.50. The minimum atomic E-state index is 0.109. The van der Waals surface area contributed by atoms with E-state index in [0.29, 0.717) is 11.6 Å². The molecule has 3 nitrogen and oxygen atoms in total. The molecule has 1 N–H and O–H groups in total. The van der Waals surface area contributed by atoms with Crippen molar-refractivity contribution in [3.05, 3.63) is 34.3 Å². The van der Waals surface area contributed by atoms with Crippen molar-refractivity contribution in [2.24, 2.45) is 0 Å². The highest BCUT2D eigenvalue weighted by Gasteiger charge is 2.05. The van der Waals surface area contributed by atoms with Gasteiger partial charge in [-0.3, -0.25) is 0 Å². The van der Waals surface area contributed by atoms with Crippen molar-refractivity contribution >= 4 is 23.1 Å². The predicted molar refractivity (Wildman–Crippen MR) is 69.0 cm³/mol. The number of hydrogen-bond acceptors (Lipinski definition) is 5. The molecule has 0 bridgehead atoms. The minimum absolute atomic E-state index is 0.109. The fraction of sp³-hybridized carbons (Fsp3) is 0.250. The zero-order valence-corrected chi connectivity index (χ0v) is 10.7. The number of aliphatic hydroxyl groups is 1. The van der Waals surface area contributed by atoms with Crippen LogP contribution < -0.4 is 0 Å². The van der Waals surface area contributed by atoms with E-state index in [9.17, 15) is 0 Å². The molecule has 0 aromatic carbocycles. The van der Waals surface area contributed by atoms with Gasteiger partial charge in [0.1, 0.15) is 6.26 Å². The lowest BCUT2D eigenvalue weighted by Gasteiger charge is -1.95. The molecule has 5 heteroatoms. The van der Waals surface area contributed by atoms with Gasteiger partial charge in [-0.25, -0.2) is 4.98 Å². The van der Waals surface area contributed by atoms with Crippen LogP contribution in [0.3, 0.4) is 0 Å². The third-order valence-electron chi connectivity index (χ3n) is 1.94. The quantitative estimate of drug-likeness (QED) is 0.682. The molecule has 0 atom stereocenters. The third-order valence-corrected chi connectivity index (χ3v) is 3.93. The smallest absolute Gasteiger partial charge is 0.255 e. The molecule has 0 aliphatic heterocycles. The maximum absolute atomic E-state index is 8.67. The van der Waals surface area contributed by atoms with E-state index >= 15 is 0 Å². The number of thiophene rings is 1.